The Hall–Kier alpha value is -1.56. The van der Waals surface area contributed by atoms with Gasteiger partial charge in [0.15, 0.2) is 0 Å². The minimum atomic E-state index is -0.835. The zero-order valence-electron chi connectivity index (χ0n) is 13.0. The summed E-state index contributed by atoms with van der Waals surface area (Å²) >= 11 is 1.30. The SMILES string of the molecule is O=C(CCSc1ccccc1F)N[C@H]1CCCCC[C@H]1C(=O)O. The second kappa shape index (κ2) is 8.91. The van der Waals surface area contributed by atoms with Crippen LogP contribution in [0.25, 0.3) is 0 Å². The highest BCUT2D eigenvalue weighted by atomic mass is 32.2. The molecule has 2 atom stereocenters. The third-order valence-electron chi connectivity index (χ3n) is 4.10. The number of aliphatic carboxylic acids is 1. The Morgan fingerprint density at radius 3 is 2.70 bits per heavy atom. The molecule has 1 aliphatic rings. The first-order chi connectivity index (χ1) is 11.1. The quantitative estimate of drug-likeness (QED) is 0.615. The summed E-state index contributed by atoms with van der Waals surface area (Å²) in [4.78, 5) is 23.9. The van der Waals surface area contributed by atoms with Gasteiger partial charge in [0.05, 0.1) is 5.92 Å². The minimum Gasteiger partial charge on any atom is -0.481 e. The molecule has 0 bridgehead atoms. The van der Waals surface area contributed by atoms with Gasteiger partial charge in [0, 0.05) is 23.1 Å². The Labute approximate surface area is 139 Å². The molecular formula is C17H22FNO3S. The van der Waals surface area contributed by atoms with Crippen molar-refractivity contribution < 1.29 is 19.1 Å². The fraction of sp³-hybridized carbons (Fsp3) is 0.529. The Kier molecular flexibility index (Phi) is 6.89. The number of amides is 1. The lowest BCUT2D eigenvalue weighted by Gasteiger charge is -2.22. The first-order valence-corrected chi connectivity index (χ1v) is 8.96. The van der Waals surface area contributed by atoms with Crippen molar-refractivity contribution >= 4 is 23.6 Å². The average molecular weight is 339 g/mol. The number of carboxylic acids is 1. The Bertz CT molecular complexity index is 552. The number of hydrogen-bond donors (Lipinski definition) is 2. The van der Waals surface area contributed by atoms with Crippen molar-refractivity contribution in [2.24, 2.45) is 5.92 Å². The van der Waals surface area contributed by atoms with Crippen LogP contribution in [0.4, 0.5) is 4.39 Å². The van der Waals surface area contributed by atoms with E-state index in [9.17, 15) is 19.1 Å². The molecule has 2 N–H and O–H groups in total. The van der Waals surface area contributed by atoms with Gasteiger partial charge in [-0.2, -0.15) is 0 Å². The van der Waals surface area contributed by atoms with E-state index >= 15 is 0 Å². The van der Waals surface area contributed by atoms with E-state index in [1.807, 2.05) is 0 Å². The molecule has 0 unspecified atom stereocenters. The third-order valence-corrected chi connectivity index (χ3v) is 5.15. The number of rotatable bonds is 6. The van der Waals surface area contributed by atoms with Gasteiger partial charge in [-0.25, -0.2) is 4.39 Å². The maximum absolute atomic E-state index is 13.5. The van der Waals surface area contributed by atoms with Gasteiger partial charge in [-0.15, -0.1) is 11.8 Å². The summed E-state index contributed by atoms with van der Waals surface area (Å²) in [6.45, 7) is 0. The Morgan fingerprint density at radius 1 is 1.22 bits per heavy atom. The topological polar surface area (TPSA) is 66.4 Å². The van der Waals surface area contributed by atoms with E-state index in [1.54, 1.807) is 18.2 Å². The molecule has 1 aromatic rings. The second-order valence-corrected chi connectivity index (χ2v) is 6.92. The highest BCUT2D eigenvalue weighted by Gasteiger charge is 2.30. The molecule has 23 heavy (non-hydrogen) atoms. The highest BCUT2D eigenvalue weighted by molar-refractivity contribution is 7.99. The van der Waals surface area contributed by atoms with Crippen molar-refractivity contribution in [2.45, 2.75) is 49.5 Å². The van der Waals surface area contributed by atoms with Crippen molar-refractivity contribution in [2.75, 3.05) is 5.75 Å². The number of carboxylic acid groups (broad SMARTS) is 1. The molecule has 2 rings (SSSR count). The molecule has 0 heterocycles. The number of carbonyl (C=O) groups excluding carboxylic acids is 1. The lowest BCUT2D eigenvalue weighted by Crippen LogP contribution is -2.42. The third kappa shape index (κ3) is 5.53. The standard InChI is InChI=1S/C17H22FNO3S/c18-13-7-4-5-9-15(13)23-11-10-16(20)19-14-8-3-1-2-6-12(14)17(21)22/h4-5,7,9,12,14H,1-3,6,8,10-11H2,(H,19,20)(H,21,22)/t12-,14+/m1/s1. The summed E-state index contributed by atoms with van der Waals surface area (Å²) < 4.78 is 13.5. The predicted molar refractivity (Wildman–Crippen MR) is 87.9 cm³/mol. The number of halogens is 1. The van der Waals surface area contributed by atoms with Gasteiger partial charge in [0.25, 0.3) is 0 Å². The van der Waals surface area contributed by atoms with Crippen LogP contribution in [-0.4, -0.2) is 28.8 Å². The van der Waals surface area contributed by atoms with Crippen LogP contribution in [0, 0.1) is 11.7 Å². The summed E-state index contributed by atoms with van der Waals surface area (Å²) in [6, 6.07) is 6.18. The molecule has 0 radical (unpaired) electrons. The van der Waals surface area contributed by atoms with Crippen molar-refractivity contribution in [1.29, 1.82) is 0 Å². The molecule has 1 saturated carbocycles. The van der Waals surface area contributed by atoms with Crippen LogP contribution >= 0.6 is 11.8 Å². The molecule has 1 fully saturated rings. The minimum absolute atomic E-state index is 0.160. The van der Waals surface area contributed by atoms with Crippen molar-refractivity contribution in [3.8, 4) is 0 Å². The van der Waals surface area contributed by atoms with Gasteiger partial charge in [-0.1, -0.05) is 31.4 Å². The molecule has 0 spiro atoms. The van der Waals surface area contributed by atoms with Crippen LogP contribution in [0.2, 0.25) is 0 Å². The lowest BCUT2D eigenvalue weighted by molar-refractivity contribution is -0.143. The molecule has 0 aliphatic heterocycles. The summed E-state index contributed by atoms with van der Waals surface area (Å²) in [6.07, 6.45) is 4.43. The van der Waals surface area contributed by atoms with Gasteiger partial charge in [-0.05, 0) is 25.0 Å². The van der Waals surface area contributed by atoms with Crippen molar-refractivity contribution in [1.82, 2.24) is 5.32 Å². The molecule has 126 valence electrons. The first kappa shape index (κ1) is 17.8. The monoisotopic (exact) mass is 339 g/mol. The van der Waals surface area contributed by atoms with E-state index in [2.05, 4.69) is 5.32 Å². The molecule has 0 aromatic heterocycles. The van der Waals surface area contributed by atoms with Crippen LogP contribution in [-0.2, 0) is 9.59 Å². The summed E-state index contributed by atoms with van der Waals surface area (Å²) in [5.74, 6) is -1.31. The van der Waals surface area contributed by atoms with Gasteiger partial charge in [0.2, 0.25) is 5.91 Å². The van der Waals surface area contributed by atoms with Gasteiger partial charge in [0.1, 0.15) is 5.82 Å². The normalized spacial score (nSPS) is 21.4. The van der Waals surface area contributed by atoms with Gasteiger partial charge < -0.3 is 10.4 Å². The largest absolute Gasteiger partial charge is 0.481 e. The van der Waals surface area contributed by atoms with E-state index in [0.29, 0.717) is 23.5 Å². The lowest BCUT2D eigenvalue weighted by atomic mass is 9.95. The van der Waals surface area contributed by atoms with Crippen molar-refractivity contribution in [3.63, 3.8) is 0 Å². The number of thioether (sulfide) groups is 1. The fourth-order valence-electron chi connectivity index (χ4n) is 2.87. The molecule has 0 saturated heterocycles. The number of carbonyl (C=O) groups is 2. The first-order valence-electron chi connectivity index (χ1n) is 7.97. The van der Waals surface area contributed by atoms with Crippen LogP contribution < -0.4 is 5.32 Å². The van der Waals surface area contributed by atoms with E-state index in [1.165, 1.54) is 17.8 Å². The maximum Gasteiger partial charge on any atom is 0.308 e. The molecule has 1 amide bonds. The average Bonchev–Trinajstić information content (AvgIpc) is 2.74. The maximum atomic E-state index is 13.5. The molecule has 1 aromatic carbocycles. The zero-order chi connectivity index (χ0) is 16.7. The van der Waals surface area contributed by atoms with Crippen LogP contribution in [0.15, 0.2) is 29.2 Å². The molecule has 4 nitrogen and oxygen atoms in total. The number of nitrogens with one attached hydrogen (secondary N) is 1. The molecular weight excluding hydrogens is 317 g/mol. The summed E-state index contributed by atoms with van der Waals surface area (Å²) in [5, 5.41) is 12.2. The predicted octanol–water partition coefficient (Wildman–Crippen LogP) is 3.46. The van der Waals surface area contributed by atoms with Gasteiger partial charge in [-0.3, -0.25) is 9.59 Å². The fourth-order valence-corrected chi connectivity index (χ4v) is 3.76. The zero-order valence-corrected chi connectivity index (χ0v) is 13.8. The highest BCUT2D eigenvalue weighted by Crippen LogP contribution is 2.25. The summed E-state index contributed by atoms with van der Waals surface area (Å²) in [5.41, 5.74) is 0. The Morgan fingerprint density at radius 2 is 1.96 bits per heavy atom. The molecule has 6 heteroatoms. The van der Waals surface area contributed by atoms with Crippen LogP contribution in [0.5, 0.6) is 0 Å². The number of hydrogen-bond acceptors (Lipinski definition) is 3. The second-order valence-electron chi connectivity index (χ2n) is 5.79. The van der Waals surface area contributed by atoms with Crippen molar-refractivity contribution in [3.05, 3.63) is 30.1 Å². The van der Waals surface area contributed by atoms with E-state index in [4.69, 9.17) is 0 Å². The van der Waals surface area contributed by atoms with E-state index < -0.39 is 11.9 Å². The van der Waals surface area contributed by atoms with E-state index in [-0.39, 0.29) is 24.2 Å². The van der Waals surface area contributed by atoms with Crippen LogP contribution in [0.3, 0.4) is 0 Å². The van der Waals surface area contributed by atoms with Crippen LogP contribution in [0.1, 0.15) is 38.5 Å². The smallest absolute Gasteiger partial charge is 0.308 e. The summed E-state index contributed by atoms with van der Waals surface area (Å²) in [7, 11) is 0. The van der Waals surface area contributed by atoms with E-state index in [0.717, 1.165) is 19.3 Å². The Balaban J connectivity index is 1.81. The van der Waals surface area contributed by atoms with Gasteiger partial charge >= 0.3 is 5.97 Å². The molecule has 1 aliphatic carbocycles. The number of benzene rings is 1.